The number of hydrogen-bond acceptors (Lipinski definition) is 5. The molecule has 0 saturated carbocycles. The van der Waals surface area contributed by atoms with Crippen LogP contribution in [-0.4, -0.2) is 24.6 Å². The minimum Gasteiger partial charge on any atom is -0.493 e. The van der Waals surface area contributed by atoms with Crippen LogP contribution in [0.25, 0.3) is 6.08 Å². The van der Waals surface area contributed by atoms with Gasteiger partial charge >= 0.3 is 6.61 Å². The van der Waals surface area contributed by atoms with Crippen LogP contribution in [0.15, 0.2) is 30.3 Å². The molecule has 2 rings (SSSR count). The van der Waals surface area contributed by atoms with E-state index in [0.29, 0.717) is 12.1 Å². The van der Waals surface area contributed by atoms with E-state index in [1.807, 2.05) is 5.32 Å². The fourth-order valence-electron chi connectivity index (χ4n) is 2.17. The first-order valence-corrected chi connectivity index (χ1v) is 7.57. The number of anilines is 1. The van der Waals surface area contributed by atoms with Crippen LogP contribution in [0.1, 0.15) is 5.56 Å². The second-order valence-electron chi connectivity index (χ2n) is 5.24. The van der Waals surface area contributed by atoms with Crippen molar-refractivity contribution in [1.29, 1.82) is 0 Å². The summed E-state index contributed by atoms with van der Waals surface area (Å²) in [6, 6.07) is 3.02. The quantitative estimate of drug-likeness (QED) is 0.238. The Kier molecular flexibility index (Phi) is 6.70. The van der Waals surface area contributed by atoms with E-state index in [0.717, 1.165) is 31.4 Å². The average Bonchev–Trinajstić information content (AvgIpc) is 2.66. The number of ether oxygens (including phenoxy) is 2. The van der Waals surface area contributed by atoms with Crippen molar-refractivity contribution in [2.45, 2.75) is 6.61 Å². The molecule has 0 aliphatic rings. The number of rotatable bonds is 7. The van der Waals surface area contributed by atoms with Gasteiger partial charge in [0.1, 0.15) is 0 Å². The highest BCUT2D eigenvalue weighted by Crippen LogP contribution is 2.36. The summed E-state index contributed by atoms with van der Waals surface area (Å²) in [5, 5.41) is 13.1. The molecule has 1 N–H and O–H groups in total. The molecule has 12 heteroatoms. The third kappa shape index (κ3) is 5.18. The van der Waals surface area contributed by atoms with Gasteiger partial charge in [0, 0.05) is 6.08 Å². The van der Waals surface area contributed by atoms with Gasteiger partial charge in [-0.3, -0.25) is 14.9 Å². The lowest BCUT2D eigenvalue weighted by atomic mass is 10.1. The van der Waals surface area contributed by atoms with Crippen molar-refractivity contribution in [3.8, 4) is 11.5 Å². The third-order valence-corrected chi connectivity index (χ3v) is 3.43. The van der Waals surface area contributed by atoms with Crippen molar-refractivity contribution < 1.29 is 41.1 Å². The van der Waals surface area contributed by atoms with E-state index in [1.165, 1.54) is 0 Å². The second kappa shape index (κ2) is 8.99. The number of carbonyl (C=O) groups is 1. The Morgan fingerprint density at radius 3 is 2.45 bits per heavy atom. The number of carbonyl (C=O) groups excluding carboxylic acids is 1. The Labute approximate surface area is 159 Å². The van der Waals surface area contributed by atoms with Gasteiger partial charge in [0.15, 0.2) is 29.0 Å². The molecule has 0 aromatic heterocycles. The van der Waals surface area contributed by atoms with Gasteiger partial charge in [-0.2, -0.15) is 8.78 Å². The van der Waals surface area contributed by atoms with Gasteiger partial charge in [0.05, 0.1) is 29.4 Å². The first-order chi connectivity index (χ1) is 13.6. The van der Waals surface area contributed by atoms with Crippen LogP contribution in [0.2, 0.25) is 0 Å². The van der Waals surface area contributed by atoms with Crippen LogP contribution in [0.5, 0.6) is 11.5 Å². The zero-order chi connectivity index (χ0) is 21.7. The molecule has 2 aromatic carbocycles. The molecule has 0 heterocycles. The number of halogens is 5. The fourth-order valence-corrected chi connectivity index (χ4v) is 2.17. The molecule has 0 unspecified atom stereocenters. The Morgan fingerprint density at radius 1 is 1.17 bits per heavy atom. The lowest BCUT2D eigenvalue weighted by molar-refractivity contribution is -0.385. The van der Waals surface area contributed by atoms with Crippen LogP contribution >= 0.6 is 0 Å². The molecule has 0 spiro atoms. The van der Waals surface area contributed by atoms with Crippen molar-refractivity contribution in [3.63, 3.8) is 0 Å². The van der Waals surface area contributed by atoms with E-state index < -0.39 is 52.0 Å². The van der Waals surface area contributed by atoms with Crippen molar-refractivity contribution in [2.24, 2.45) is 0 Å². The molecule has 0 bridgehead atoms. The number of benzene rings is 2. The molecular weight excluding hydrogens is 407 g/mol. The first-order valence-electron chi connectivity index (χ1n) is 7.57. The number of amides is 1. The lowest BCUT2D eigenvalue weighted by Crippen LogP contribution is -2.10. The number of methoxy groups -OCH3 is 1. The largest absolute Gasteiger partial charge is 0.493 e. The Hall–Kier alpha value is -3.70. The molecule has 7 nitrogen and oxygen atoms in total. The Balaban J connectivity index is 2.32. The highest BCUT2D eigenvalue weighted by molar-refractivity contribution is 6.02. The molecule has 1 amide bonds. The summed E-state index contributed by atoms with van der Waals surface area (Å²) in [6.07, 6.45) is 1.65. The standard InChI is InChI=1S/C17H11F5N2O5/c1-28-12-6-8(11(24(26)27)7-13(12)29-17(21)22)2-5-14(25)23-10-4-3-9(18)15(19)16(10)20/h2-7,17H,1H3,(H,23,25)/b5-2+. The third-order valence-electron chi connectivity index (χ3n) is 3.43. The predicted molar refractivity (Wildman–Crippen MR) is 90.3 cm³/mol. The molecule has 154 valence electrons. The minimum absolute atomic E-state index is 0.227. The van der Waals surface area contributed by atoms with Crippen LogP contribution in [-0.2, 0) is 4.79 Å². The number of nitro benzene ring substituents is 1. The van der Waals surface area contributed by atoms with Gasteiger partial charge in [-0.25, -0.2) is 13.2 Å². The van der Waals surface area contributed by atoms with E-state index in [-0.39, 0.29) is 11.3 Å². The minimum atomic E-state index is -3.26. The van der Waals surface area contributed by atoms with E-state index in [9.17, 15) is 36.9 Å². The maximum atomic E-state index is 13.6. The SMILES string of the molecule is COc1cc(/C=C/C(=O)Nc2ccc(F)c(F)c2F)c([N+](=O)[O-])cc1OC(F)F. The summed E-state index contributed by atoms with van der Waals surface area (Å²) < 4.78 is 73.4. The predicted octanol–water partition coefficient (Wildman–Crippen LogP) is 4.27. The smallest absolute Gasteiger partial charge is 0.387 e. The maximum Gasteiger partial charge on any atom is 0.387 e. The van der Waals surface area contributed by atoms with Crippen LogP contribution in [0.3, 0.4) is 0 Å². The first kappa shape index (κ1) is 21.6. The van der Waals surface area contributed by atoms with Crippen LogP contribution < -0.4 is 14.8 Å². The summed E-state index contributed by atoms with van der Waals surface area (Å²) in [5.74, 6) is -6.78. The highest BCUT2D eigenvalue weighted by Gasteiger charge is 2.21. The average molecular weight is 418 g/mol. The number of nitrogens with one attached hydrogen (secondary N) is 1. The monoisotopic (exact) mass is 418 g/mol. The lowest BCUT2D eigenvalue weighted by Gasteiger charge is -2.11. The van der Waals surface area contributed by atoms with Crippen molar-refractivity contribution in [3.05, 3.63) is 63.5 Å². The Bertz CT molecular complexity index is 981. The summed E-state index contributed by atoms with van der Waals surface area (Å²) in [6.45, 7) is -3.26. The number of hydrogen-bond donors (Lipinski definition) is 1. The molecular formula is C17H11F5N2O5. The molecule has 2 aromatic rings. The molecule has 0 radical (unpaired) electrons. The van der Waals surface area contributed by atoms with Gasteiger partial charge in [0.2, 0.25) is 5.91 Å². The second-order valence-corrected chi connectivity index (χ2v) is 5.24. The molecule has 29 heavy (non-hydrogen) atoms. The van der Waals surface area contributed by atoms with Crippen molar-refractivity contribution in [1.82, 2.24) is 0 Å². The van der Waals surface area contributed by atoms with Gasteiger partial charge in [-0.15, -0.1) is 0 Å². The maximum absolute atomic E-state index is 13.6. The van der Waals surface area contributed by atoms with Gasteiger partial charge in [-0.1, -0.05) is 0 Å². The summed E-state index contributed by atoms with van der Waals surface area (Å²) in [7, 11) is 1.10. The number of nitro groups is 1. The number of alkyl halides is 2. The van der Waals surface area contributed by atoms with E-state index in [2.05, 4.69) is 4.74 Å². The molecule has 0 atom stereocenters. The zero-order valence-electron chi connectivity index (χ0n) is 14.4. The summed E-state index contributed by atoms with van der Waals surface area (Å²) >= 11 is 0. The van der Waals surface area contributed by atoms with Gasteiger partial charge in [-0.05, 0) is 24.3 Å². The van der Waals surface area contributed by atoms with Gasteiger partial charge in [0.25, 0.3) is 5.69 Å². The van der Waals surface area contributed by atoms with Crippen LogP contribution in [0.4, 0.5) is 33.3 Å². The van der Waals surface area contributed by atoms with E-state index in [4.69, 9.17) is 4.74 Å². The normalized spacial score (nSPS) is 11.0. The topological polar surface area (TPSA) is 90.7 Å². The summed E-state index contributed by atoms with van der Waals surface area (Å²) in [5.41, 5.74) is -1.58. The van der Waals surface area contributed by atoms with E-state index in [1.54, 1.807) is 0 Å². The molecule has 0 aliphatic carbocycles. The highest BCUT2D eigenvalue weighted by atomic mass is 19.3. The van der Waals surface area contributed by atoms with Gasteiger partial charge < -0.3 is 14.8 Å². The van der Waals surface area contributed by atoms with E-state index >= 15 is 0 Å². The van der Waals surface area contributed by atoms with Crippen LogP contribution in [0, 0.1) is 27.6 Å². The molecule has 0 aliphatic heterocycles. The fraction of sp³-hybridized carbons (Fsp3) is 0.118. The number of nitrogens with zero attached hydrogens (tertiary/aromatic N) is 1. The van der Waals surface area contributed by atoms with Crippen molar-refractivity contribution >= 4 is 23.4 Å². The summed E-state index contributed by atoms with van der Waals surface area (Å²) in [4.78, 5) is 22.1. The van der Waals surface area contributed by atoms with Crippen molar-refractivity contribution in [2.75, 3.05) is 12.4 Å². The Morgan fingerprint density at radius 2 is 1.86 bits per heavy atom. The molecule has 0 fully saturated rings. The zero-order valence-corrected chi connectivity index (χ0v) is 14.4. The molecule has 0 saturated heterocycles.